The minimum atomic E-state index is 0.182. The first-order valence-corrected chi connectivity index (χ1v) is 7.34. The molecule has 3 heterocycles. The molecular formula is C13H18ClN7. The third-order valence-electron chi connectivity index (χ3n) is 3.76. The Morgan fingerprint density at radius 2 is 2.19 bits per heavy atom. The van der Waals surface area contributed by atoms with Gasteiger partial charge in [0.15, 0.2) is 0 Å². The second-order valence-electron chi connectivity index (χ2n) is 5.32. The third kappa shape index (κ3) is 3.14. The zero-order valence-corrected chi connectivity index (χ0v) is 12.9. The van der Waals surface area contributed by atoms with E-state index >= 15 is 0 Å². The first-order valence-electron chi connectivity index (χ1n) is 6.96. The largest absolute Gasteiger partial charge is 0.339 e. The maximum Gasteiger partial charge on any atom is 0.256 e. The van der Waals surface area contributed by atoms with Crippen molar-refractivity contribution in [1.82, 2.24) is 29.6 Å². The lowest BCUT2D eigenvalue weighted by atomic mass is 10.1. The van der Waals surface area contributed by atoms with Crippen molar-refractivity contribution in [2.75, 3.05) is 32.1 Å². The van der Waals surface area contributed by atoms with Gasteiger partial charge in [0.1, 0.15) is 0 Å². The van der Waals surface area contributed by atoms with Crippen molar-refractivity contribution in [2.24, 2.45) is 0 Å². The van der Waals surface area contributed by atoms with Crippen LogP contribution in [0.5, 0.6) is 0 Å². The molecule has 1 aliphatic rings. The minimum absolute atomic E-state index is 0.182. The van der Waals surface area contributed by atoms with E-state index in [4.69, 9.17) is 11.6 Å². The van der Waals surface area contributed by atoms with Gasteiger partial charge in [-0.05, 0) is 44.1 Å². The molecule has 3 rings (SSSR count). The molecule has 21 heavy (non-hydrogen) atoms. The summed E-state index contributed by atoms with van der Waals surface area (Å²) in [5, 5.41) is 4.31. The first-order chi connectivity index (χ1) is 10.1. The molecule has 1 fully saturated rings. The van der Waals surface area contributed by atoms with Crippen LogP contribution in [-0.4, -0.2) is 62.9 Å². The summed E-state index contributed by atoms with van der Waals surface area (Å²) in [6.07, 6.45) is 5.76. The molecule has 2 aromatic rings. The summed E-state index contributed by atoms with van der Waals surface area (Å²) in [5.74, 6) is 1.02. The summed E-state index contributed by atoms with van der Waals surface area (Å²) >= 11 is 6.04. The van der Waals surface area contributed by atoms with E-state index in [1.165, 1.54) is 6.42 Å². The van der Waals surface area contributed by atoms with Gasteiger partial charge in [0, 0.05) is 32.0 Å². The van der Waals surface area contributed by atoms with E-state index < -0.39 is 0 Å². The van der Waals surface area contributed by atoms with Crippen LogP contribution in [0.15, 0.2) is 18.5 Å². The van der Waals surface area contributed by atoms with Crippen LogP contribution >= 0.6 is 11.6 Å². The summed E-state index contributed by atoms with van der Waals surface area (Å²) in [4.78, 5) is 17.3. The maximum absolute atomic E-state index is 6.04. The Balaban J connectivity index is 1.87. The molecule has 0 aromatic carbocycles. The van der Waals surface area contributed by atoms with Crippen molar-refractivity contribution in [3.05, 3.63) is 23.7 Å². The fourth-order valence-electron chi connectivity index (χ4n) is 2.60. The number of rotatable bonds is 3. The number of likely N-dealkylation sites (tertiary alicyclic amines) is 1. The van der Waals surface area contributed by atoms with Gasteiger partial charge in [0.05, 0.1) is 0 Å². The number of anilines is 1. The standard InChI is InChI=1S/C13H18ClN7/c1-19-7-3-5-10(9-19)20(2)12-16-11(14)17-13(18-12)21-8-4-6-15-21/h4,6,8,10H,3,5,7,9H2,1-2H3. The van der Waals surface area contributed by atoms with E-state index in [1.54, 1.807) is 17.1 Å². The highest BCUT2D eigenvalue weighted by Crippen LogP contribution is 2.19. The molecule has 0 N–H and O–H groups in total. The number of aromatic nitrogens is 5. The van der Waals surface area contributed by atoms with E-state index in [0.29, 0.717) is 17.9 Å². The van der Waals surface area contributed by atoms with Gasteiger partial charge in [-0.1, -0.05) is 0 Å². The van der Waals surface area contributed by atoms with Crippen LogP contribution in [0.25, 0.3) is 5.95 Å². The normalized spacial score (nSPS) is 19.7. The lowest BCUT2D eigenvalue weighted by Gasteiger charge is -2.35. The molecule has 0 radical (unpaired) electrons. The number of hydrogen-bond acceptors (Lipinski definition) is 6. The van der Waals surface area contributed by atoms with E-state index in [2.05, 4.69) is 36.9 Å². The number of nitrogens with zero attached hydrogens (tertiary/aromatic N) is 7. The van der Waals surface area contributed by atoms with Crippen molar-refractivity contribution in [1.29, 1.82) is 0 Å². The highest BCUT2D eigenvalue weighted by atomic mass is 35.5. The Kier molecular flexibility index (Phi) is 4.03. The molecule has 7 nitrogen and oxygen atoms in total. The molecule has 0 aliphatic carbocycles. The summed E-state index contributed by atoms with van der Waals surface area (Å²) in [6.45, 7) is 2.14. The molecule has 8 heteroatoms. The van der Waals surface area contributed by atoms with Crippen LogP contribution in [0, 0.1) is 0 Å². The van der Waals surface area contributed by atoms with Crippen LogP contribution in [0.1, 0.15) is 12.8 Å². The Morgan fingerprint density at radius 3 is 2.90 bits per heavy atom. The van der Waals surface area contributed by atoms with Gasteiger partial charge in [-0.3, -0.25) is 0 Å². The zero-order chi connectivity index (χ0) is 14.8. The molecular weight excluding hydrogens is 290 g/mol. The molecule has 1 unspecified atom stereocenters. The smallest absolute Gasteiger partial charge is 0.256 e. The highest BCUT2D eigenvalue weighted by molar-refractivity contribution is 6.28. The van der Waals surface area contributed by atoms with Crippen LogP contribution in [0.4, 0.5) is 5.95 Å². The molecule has 0 bridgehead atoms. The summed E-state index contributed by atoms with van der Waals surface area (Å²) < 4.78 is 1.58. The van der Waals surface area contributed by atoms with Gasteiger partial charge < -0.3 is 9.80 Å². The van der Waals surface area contributed by atoms with Gasteiger partial charge in [0.25, 0.3) is 5.95 Å². The number of halogens is 1. The molecule has 0 amide bonds. The minimum Gasteiger partial charge on any atom is -0.339 e. The van der Waals surface area contributed by atoms with Crippen molar-refractivity contribution in [2.45, 2.75) is 18.9 Å². The van der Waals surface area contributed by atoms with Crippen molar-refractivity contribution >= 4 is 17.5 Å². The van der Waals surface area contributed by atoms with Crippen molar-refractivity contribution < 1.29 is 0 Å². The van der Waals surface area contributed by atoms with Gasteiger partial charge in [-0.25, -0.2) is 4.68 Å². The van der Waals surface area contributed by atoms with Gasteiger partial charge in [-0.15, -0.1) is 0 Å². The van der Waals surface area contributed by atoms with Crippen LogP contribution in [0.2, 0.25) is 5.28 Å². The quantitative estimate of drug-likeness (QED) is 0.850. The predicted molar refractivity (Wildman–Crippen MR) is 80.9 cm³/mol. The van der Waals surface area contributed by atoms with Crippen LogP contribution in [-0.2, 0) is 0 Å². The number of likely N-dealkylation sites (N-methyl/N-ethyl adjacent to an activating group) is 2. The number of hydrogen-bond donors (Lipinski definition) is 0. The summed E-state index contributed by atoms with van der Waals surface area (Å²) in [5.41, 5.74) is 0. The van der Waals surface area contributed by atoms with E-state index in [-0.39, 0.29) is 5.28 Å². The van der Waals surface area contributed by atoms with E-state index in [9.17, 15) is 0 Å². The highest BCUT2D eigenvalue weighted by Gasteiger charge is 2.23. The molecule has 2 aromatic heterocycles. The van der Waals surface area contributed by atoms with Gasteiger partial charge >= 0.3 is 0 Å². The lowest BCUT2D eigenvalue weighted by molar-refractivity contribution is 0.247. The Hall–Kier alpha value is -1.73. The van der Waals surface area contributed by atoms with E-state index in [0.717, 1.165) is 19.5 Å². The van der Waals surface area contributed by atoms with E-state index in [1.807, 2.05) is 13.1 Å². The second kappa shape index (κ2) is 5.95. The summed E-state index contributed by atoms with van der Waals surface area (Å²) in [7, 11) is 4.14. The first kappa shape index (κ1) is 14.2. The average molecular weight is 308 g/mol. The number of piperidine rings is 1. The Labute approximate surface area is 128 Å². The molecule has 112 valence electrons. The fourth-order valence-corrected chi connectivity index (χ4v) is 2.75. The monoisotopic (exact) mass is 307 g/mol. The Bertz CT molecular complexity index is 601. The maximum atomic E-state index is 6.04. The zero-order valence-electron chi connectivity index (χ0n) is 12.1. The second-order valence-corrected chi connectivity index (χ2v) is 5.66. The predicted octanol–water partition coefficient (Wildman–Crippen LogP) is 1.24. The van der Waals surface area contributed by atoms with Gasteiger partial charge in [-0.2, -0.15) is 20.1 Å². The average Bonchev–Trinajstić information content (AvgIpc) is 3.00. The molecule has 0 spiro atoms. The molecule has 1 atom stereocenters. The van der Waals surface area contributed by atoms with Crippen molar-refractivity contribution in [3.63, 3.8) is 0 Å². The lowest BCUT2D eigenvalue weighted by Crippen LogP contribution is -2.45. The van der Waals surface area contributed by atoms with Crippen LogP contribution in [0.3, 0.4) is 0 Å². The SMILES string of the molecule is CN1CCCC(N(C)c2nc(Cl)nc(-n3cccn3)n2)C1. The van der Waals surface area contributed by atoms with Crippen LogP contribution < -0.4 is 4.90 Å². The summed E-state index contributed by atoms with van der Waals surface area (Å²) in [6, 6.07) is 2.20. The third-order valence-corrected chi connectivity index (χ3v) is 3.93. The Morgan fingerprint density at radius 1 is 1.33 bits per heavy atom. The molecule has 1 saturated heterocycles. The fraction of sp³-hybridized carbons (Fsp3) is 0.538. The topological polar surface area (TPSA) is 63.0 Å². The molecule has 1 aliphatic heterocycles. The molecule has 0 saturated carbocycles. The van der Waals surface area contributed by atoms with Crippen molar-refractivity contribution in [3.8, 4) is 5.95 Å². The van der Waals surface area contributed by atoms with Gasteiger partial charge in [0.2, 0.25) is 11.2 Å².